The Labute approximate surface area is 105 Å². The highest BCUT2D eigenvalue weighted by atomic mass is 16.4. The van der Waals surface area contributed by atoms with Crippen molar-refractivity contribution in [3.05, 3.63) is 42.1 Å². The number of carboxylic acids is 1. The molecule has 4 nitrogen and oxygen atoms in total. The quantitative estimate of drug-likeness (QED) is 0.867. The van der Waals surface area contributed by atoms with Crippen LogP contribution in [0.5, 0.6) is 0 Å². The molecule has 18 heavy (non-hydrogen) atoms. The molecule has 2 rings (SSSR count). The molecule has 2 atom stereocenters. The van der Waals surface area contributed by atoms with Crippen LogP contribution in [-0.2, 0) is 4.79 Å². The second kappa shape index (κ2) is 5.14. The summed E-state index contributed by atoms with van der Waals surface area (Å²) < 4.78 is 0. The summed E-state index contributed by atoms with van der Waals surface area (Å²) in [6, 6.07) is 9.22. The van der Waals surface area contributed by atoms with Crippen molar-refractivity contribution in [2.24, 2.45) is 5.92 Å². The fraction of sp³-hybridized carbons (Fsp3) is 0.286. The Hall–Kier alpha value is -1.94. The molecule has 1 aromatic heterocycles. The predicted octanol–water partition coefficient (Wildman–Crippen LogP) is 2.38. The van der Waals surface area contributed by atoms with Gasteiger partial charge in [-0.15, -0.1) is 0 Å². The highest BCUT2D eigenvalue weighted by Crippen LogP contribution is 2.24. The minimum atomic E-state index is -0.892. The topological polar surface area (TPSA) is 70.4 Å². The number of carboxylic acid groups (broad SMARTS) is 1. The number of hydrogen-bond donors (Lipinski definition) is 2. The molecular formula is C14H15NO3. The number of hydrogen-bond acceptors (Lipinski definition) is 3. The van der Waals surface area contributed by atoms with Gasteiger partial charge in [0.15, 0.2) is 0 Å². The molecule has 0 radical (unpaired) electrons. The molecule has 0 amide bonds. The van der Waals surface area contributed by atoms with E-state index in [9.17, 15) is 9.90 Å². The summed E-state index contributed by atoms with van der Waals surface area (Å²) >= 11 is 0. The second-order valence-electron chi connectivity index (χ2n) is 4.45. The highest BCUT2D eigenvalue weighted by Gasteiger charge is 2.17. The van der Waals surface area contributed by atoms with Crippen molar-refractivity contribution in [3.8, 4) is 0 Å². The molecule has 0 aliphatic carbocycles. The summed E-state index contributed by atoms with van der Waals surface area (Å²) in [6.45, 7) is 1.59. The van der Waals surface area contributed by atoms with Gasteiger partial charge in [0.05, 0.1) is 17.5 Å². The Morgan fingerprint density at radius 1 is 1.39 bits per heavy atom. The largest absolute Gasteiger partial charge is 0.481 e. The van der Waals surface area contributed by atoms with Crippen LogP contribution in [0.25, 0.3) is 10.9 Å². The second-order valence-corrected chi connectivity index (χ2v) is 4.45. The smallest absolute Gasteiger partial charge is 0.306 e. The first-order valence-electron chi connectivity index (χ1n) is 5.83. The maximum absolute atomic E-state index is 10.8. The van der Waals surface area contributed by atoms with E-state index in [4.69, 9.17) is 5.11 Å². The van der Waals surface area contributed by atoms with Crippen molar-refractivity contribution in [1.82, 2.24) is 4.98 Å². The average molecular weight is 245 g/mol. The van der Waals surface area contributed by atoms with E-state index >= 15 is 0 Å². The molecule has 1 aromatic carbocycles. The third-order valence-electron chi connectivity index (χ3n) is 3.01. The fourth-order valence-corrected chi connectivity index (χ4v) is 1.87. The number of carbonyl (C=O) groups is 1. The van der Waals surface area contributed by atoms with Gasteiger partial charge in [0, 0.05) is 11.6 Å². The monoisotopic (exact) mass is 245 g/mol. The van der Waals surface area contributed by atoms with Gasteiger partial charge in [0.2, 0.25) is 0 Å². The molecule has 94 valence electrons. The maximum atomic E-state index is 10.8. The van der Waals surface area contributed by atoms with Gasteiger partial charge in [-0.25, -0.2) is 0 Å². The van der Waals surface area contributed by atoms with E-state index in [0.717, 1.165) is 16.5 Å². The minimum Gasteiger partial charge on any atom is -0.481 e. The number of rotatable bonds is 4. The van der Waals surface area contributed by atoms with E-state index in [1.807, 2.05) is 24.3 Å². The van der Waals surface area contributed by atoms with Crippen molar-refractivity contribution in [2.75, 3.05) is 0 Å². The van der Waals surface area contributed by atoms with E-state index in [1.54, 1.807) is 19.2 Å². The van der Waals surface area contributed by atoms with Crippen LogP contribution in [0.15, 0.2) is 36.5 Å². The Kier molecular flexibility index (Phi) is 3.58. The summed E-state index contributed by atoms with van der Waals surface area (Å²) in [7, 11) is 0. The molecule has 2 N–H and O–H groups in total. The maximum Gasteiger partial charge on any atom is 0.306 e. The van der Waals surface area contributed by atoms with Crippen molar-refractivity contribution in [1.29, 1.82) is 0 Å². The first-order chi connectivity index (χ1) is 8.58. The summed E-state index contributed by atoms with van der Waals surface area (Å²) in [4.78, 5) is 15.0. The van der Waals surface area contributed by atoms with Crippen LogP contribution in [0.1, 0.15) is 25.0 Å². The van der Waals surface area contributed by atoms with Gasteiger partial charge in [-0.1, -0.05) is 19.1 Å². The zero-order valence-electron chi connectivity index (χ0n) is 10.1. The lowest BCUT2D eigenvalue weighted by molar-refractivity contribution is -0.142. The normalized spacial score (nSPS) is 14.3. The summed E-state index contributed by atoms with van der Waals surface area (Å²) in [6.07, 6.45) is 1.16. The molecule has 0 aliphatic heterocycles. The molecular weight excluding hydrogens is 230 g/mol. The number of aliphatic hydroxyl groups is 1. The van der Waals surface area contributed by atoms with Crippen LogP contribution in [0.3, 0.4) is 0 Å². The van der Waals surface area contributed by atoms with Crippen molar-refractivity contribution < 1.29 is 15.0 Å². The Balaban J connectivity index is 2.22. The number of aliphatic carboxylic acids is 1. The molecule has 4 heteroatoms. The zero-order chi connectivity index (χ0) is 13.1. The third kappa shape index (κ3) is 2.65. The molecule has 0 spiro atoms. The van der Waals surface area contributed by atoms with Crippen molar-refractivity contribution in [3.63, 3.8) is 0 Å². The van der Waals surface area contributed by atoms with Crippen LogP contribution >= 0.6 is 0 Å². The van der Waals surface area contributed by atoms with E-state index in [2.05, 4.69) is 4.98 Å². The van der Waals surface area contributed by atoms with Crippen LogP contribution in [0.4, 0.5) is 0 Å². The number of nitrogens with zero attached hydrogens (tertiary/aromatic N) is 1. The van der Waals surface area contributed by atoms with E-state index < -0.39 is 18.0 Å². The van der Waals surface area contributed by atoms with Gasteiger partial charge in [-0.3, -0.25) is 9.78 Å². The van der Waals surface area contributed by atoms with Gasteiger partial charge in [0.1, 0.15) is 0 Å². The van der Waals surface area contributed by atoms with Crippen molar-refractivity contribution in [2.45, 2.75) is 19.4 Å². The van der Waals surface area contributed by atoms with Gasteiger partial charge >= 0.3 is 5.97 Å². The Bertz CT molecular complexity index is 568. The lowest BCUT2D eigenvalue weighted by Crippen LogP contribution is -2.13. The molecule has 0 saturated heterocycles. The Morgan fingerprint density at radius 3 is 2.89 bits per heavy atom. The van der Waals surface area contributed by atoms with Gasteiger partial charge < -0.3 is 10.2 Å². The van der Waals surface area contributed by atoms with Gasteiger partial charge in [-0.05, 0) is 30.2 Å². The third-order valence-corrected chi connectivity index (χ3v) is 3.01. The summed E-state index contributed by atoms with van der Waals surface area (Å²) in [5, 5.41) is 19.8. The average Bonchev–Trinajstić information content (AvgIpc) is 2.37. The predicted molar refractivity (Wildman–Crippen MR) is 68.1 cm³/mol. The Morgan fingerprint density at radius 2 is 2.17 bits per heavy atom. The first kappa shape index (κ1) is 12.5. The first-order valence-corrected chi connectivity index (χ1v) is 5.83. The van der Waals surface area contributed by atoms with Crippen LogP contribution in [0, 0.1) is 5.92 Å². The van der Waals surface area contributed by atoms with Crippen molar-refractivity contribution >= 4 is 16.9 Å². The molecule has 2 aromatic rings. The van der Waals surface area contributed by atoms with Crippen LogP contribution in [0.2, 0.25) is 0 Å². The number of aromatic nitrogens is 1. The fourth-order valence-electron chi connectivity index (χ4n) is 1.87. The number of aliphatic hydroxyl groups excluding tert-OH is 1. The molecule has 2 unspecified atom stereocenters. The summed E-state index contributed by atoms with van der Waals surface area (Å²) in [5.74, 6) is -1.46. The number of pyridine rings is 1. The van der Waals surface area contributed by atoms with E-state index in [1.165, 1.54) is 0 Å². The van der Waals surface area contributed by atoms with E-state index in [0.29, 0.717) is 0 Å². The minimum absolute atomic E-state index is 0.209. The molecule has 0 aliphatic rings. The molecule has 0 fully saturated rings. The van der Waals surface area contributed by atoms with Gasteiger partial charge in [-0.2, -0.15) is 0 Å². The lowest BCUT2D eigenvalue weighted by atomic mass is 9.97. The number of benzene rings is 1. The summed E-state index contributed by atoms with van der Waals surface area (Å²) in [5.41, 5.74) is 1.59. The van der Waals surface area contributed by atoms with E-state index in [-0.39, 0.29) is 6.42 Å². The van der Waals surface area contributed by atoms with Gasteiger partial charge in [0.25, 0.3) is 0 Å². The SMILES string of the molecule is CC(CC(O)c1ccc2ncccc2c1)C(=O)O. The number of fused-ring (bicyclic) bond motifs is 1. The highest BCUT2D eigenvalue weighted by molar-refractivity contribution is 5.79. The van der Waals surface area contributed by atoms with Crippen LogP contribution in [-0.4, -0.2) is 21.2 Å². The molecule has 0 saturated carbocycles. The molecule has 1 heterocycles. The standard InChI is InChI=1S/C14H15NO3/c1-9(14(17)18)7-13(16)11-4-5-12-10(8-11)3-2-6-15-12/h2-6,8-9,13,16H,7H2,1H3,(H,17,18). The zero-order valence-corrected chi connectivity index (χ0v) is 10.1. The van der Waals surface area contributed by atoms with Crippen LogP contribution < -0.4 is 0 Å². The lowest BCUT2D eigenvalue weighted by Gasteiger charge is -2.14. The molecule has 0 bridgehead atoms.